The van der Waals surface area contributed by atoms with Crippen LogP contribution in [0.15, 0.2) is 36.4 Å². The lowest BCUT2D eigenvalue weighted by Gasteiger charge is -2.16. The minimum Gasteiger partial charge on any atom is -0.490 e. The van der Waals surface area contributed by atoms with Crippen molar-refractivity contribution in [2.75, 3.05) is 19.8 Å². The number of nitrogens with one attached hydrogen (secondary N) is 1. The summed E-state index contributed by atoms with van der Waals surface area (Å²) in [6.45, 7) is 5.07. The minimum atomic E-state index is -0.272. The summed E-state index contributed by atoms with van der Waals surface area (Å²) in [6.07, 6.45) is 2.53. The first kappa shape index (κ1) is 22.8. The Morgan fingerprint density at radius 1 is 1.18 bits per heavy atom. The highest BCUT2D eigenvalue weighted by Crippen LogP contribution is 2.37. The largest absolute Gasteiger partial charge is 0.490 e. The van der Waals surface area contributed by atoms with E-state index in [0.717, 1.165) is 37.1 Å². The molecule has 0 saturated carbocycles. The molecule has 4 nitrogen and oxygen atoms in total. The summed E-state index contributed by atoms with van der Waals surface area (Å²) in [5.74, 6) is 0.846. The van der Waals surface area contributed by atoms with Crippen molar-refractivity contribution in [2.24, 2.45) is 0 Å². The van der Waals surface area contributed by atoms with E-state index < -0.39 is 0 Å². The zero-order chi connectivity index (χ0) is 19.1. The van der Waals surface area contributed by atoms with Crippen molar-refractivity contribution in [1.82, 2.24) is 5.32 Å². The van der Waals surface area contributed by atoms with Gasteiger partial charge in [-0.3, -0.25) is 0 Å². The molecule has 0 spiro atoms. The van der Waals surface area contributed by atoms with E-state index in [-0.39, 0.29) is 24.8 Å². The van der Waals surface area contributed by atoms with Crippen LogP contribution < -0.4 is 14.8 Å². The van der Waals surface area contributed by atoms with E-state index in [1.165, 1.54) is 12.1 Å². The number of ether oxygens (including phenoxy) is 3. The molecular weight excluding hydrogens is 404 g/mol. The summed E-state index contributed by atoms with van der Waals surface area (Å²) < 4.78 is 30.2. The van der Waals surface area contributed by atoms with Gasteiger partial charge in [-0.15, -0.1) is 12.4 Å². The van der Waals surface area contributed by atoms with Crippen LogP contribution in [0.3, 0.4) is 0 Å². The first-order valence-electron chi connectivity index (χ1n) is 9.30. The molecule has 1 saturated heterocycles. The lowest BCUT2D eigenvalue weighted by atomic mass is 10.2. The van der Waals surface area contributed by atoms with Gasteiger partial charge in [0.25, 0.3) is 0 Å². The Kier molecular flexibility index (Phi) is 9.32. The molecule has 1 unspecified atom stereocenters. The van der Waals surface area contributed by atoms with Gasteiger partial charge >= 0.3 is 0 Å². The Hall–Kier alpha value is -1.53. The van der Waals surface area contributed by atoms with Gasteiger partial charge in [-0.05, 0) is 55.2 Å². The number of hydrogen-bond acceptors (Lipinski definition) is 4. The van der Waals surface area contributed by atoms with Crippen molar-refractivity contribution in [3.63, 3.8) is 0 Å². The van der Waals surface area contributed by atoms with Crippen LogP contribution in [-0.4, -0.2) is 25.9 Å². The highest BCUT2D eigenvalue weighted by Gasteiger charge is 2.16. The maximum absolute atomic E-state index is 13.0. The number of benzene rings is 2. The average Bonchev–Trinajstić information content (AvgIpc) is 3.16. The summed E-state index contributed by atoms with van der Waals surface area (Å²) >= 11 is 6.45. The van der Waals surface area contributed by atoms with Gasteiger partial charge < -0.3 is 19.5 Å². The van der Waals surface area contributed by atoms with Crippen molar-refractivity contribution in [3.8, 4) is 11.5 Å². The summed E-state index contributed by atoms with van der Waals surface area (Å²) in [7, 11) is 0. The minimum absolute atomic E-state index is 0. The molecule has 0 aliphatic carbocycles. The van der Waals surface area contributed by atoms with Crippen LogP contribution in [-0.2, 0) is 17.9 Å². The molecule has 1 aliphatic rings. The van der Waals surface area contributed by atoms with E-state index in [4.69, 9.17) is 25.8 Å². The average molecular weight is 430 g/mol. The van der Waals surface area contributed by atoms with E-state index in [1.54, 1.807) is 12.1 Å². The maximum atomic E-state index is 13.0. The summed E-state index contributed by atoms with van der Waals surface area (Å²) in [5, 5.41) is 3.90. The van der Waals surface area contributed by atoms with E-state index in [2.05, 4.69) is 5.32 Å². The molecule has 0 radical (unpaired) electrons. The molecule has 154 valence electrons. The second-order valence-electron chi connectivity index (χ2n) is 6.52. The van der Waals surface area contributed by atoms with Gasteiger partial charge in [-0.1, -0.05) is 23.7 Å². The van der Waals surface area contributed by atoms with Crippen LogP contribution in [0.25, 0.3) is 0 Å². The highest BCUT2D eigenvalue weighted by atomic mass is 35.5. The second kappa shape index (κ2) is 11.5. The van der Waals surface area contributed by atoms with Crippen molar-refractivity contribution >= 4 is 24.0 Å². The third kappa shape index (κ3) is 6.52. The third-order valence-electron chi connectivity index (χ3n) is 4.39. The molecule has 1 fully saturated rings. The first-order valence-corrected chi connectivity index (χ1v) is 9.68. The van der Waals surface area contributed by atoms with Gasteiger partial charge in [-0.25, -0.2) is 4.39 Å². The fourth-order valence-corrected chi connectivity index (χ4v) is 3.33. The highest BCUT2D eigenvalue weighted by molar-refractivity contribution is 6.32. The Labute approximate surface area is 176 Å². The molecule has 1 atom stereocenters. The van der Waals surface area contributed by atoms with Crippen LogP contribution in [0.5, 0.6) is 11.5 Å². The molecule has 0 amide bonds. The van der Waals surface area contributed by atoms with Crippen molar-refractivity contribution in [3.05, 3.63) is 58.4 Å². The SMILES string of the molecule is CCOc1cc(CNCC2CCCO2)cc(Cl)c1OCc1ccc(F)cc1.Cl. The first-order chi connectivity index (χ1) is 13.2. The third-order valence-corrected chi connectivity index (χ3v) is 4.67. The van der Waals surface area contributed by atoms with Gasteiger partial charge in [0, 0.05) is 19.7 Å². The van der Waals surface area contributed by atoms with Gasteiger partial charge in [-0.2, -0.15) is 0 Å². The van der Waals surface area contributed by atoms with Gasteiger partial charge in [0.2, 0.25) is 0 Å². The Morgan fingerprint density at radius 2 is 1.96 bits per heavy atom. The standard InChI is InChI=1S/C21H25ClFNO3.ClH/c1-2-25-20-11-16(12-24-13-18-4-3-9-26-18)10-19(22)21(20)27-14-15-5-7-17(23)8-6-15;/h5-8,10-11,18,24H,2-4,9,12-14H2,1H3;1H. The van der Waals surface area contributed by atoms with Crippen LogP contribution >= 0.6 is 24.0 Å². The normalized spacial score (nSPS) is 15.9. The number of hydrogen-bond donors (Lipinski definition) is 1. The Balaban J connectivity index is 0.00000280. The molecule has 0 bridgehead atoms. The molecule has 1 aliphatic heterocycles. The molecule has 3 rings (SSSR count). The molecule has 1 heterocycles. The summed E-state index contributed by atoms with van der Waals surface area (Å²) in [6, 6.07) is 10.0. The maximum Gasteiger partial charge on any atom is 0.180 e. The zero-order valence-corrected chi connectivity index (χ0v) is 17.5. The molecule has 28 heavy (non-hydrogen) atoms. The second-order valence-corrected chi connectivity index (χ2v) is 6.93. The van der Waals surface area contributed by atoms with Crippen LogP contribution in [0, 0.1) is 5.82 Å². The van der Waals surface area contributed by atoms with Crippen molar-refractivity contribution in [1.29, 1.82) is 0 Å². The van der Waals surface area contributed by atoms with Gasteiger partial charge in [0.15, 0.2) is 11.5 Å². The fraction of sp³-hybridized carbons (Fsp3) is 0.429. The molecule has 2 aromatic rings. The quantitative estimate of drug-likeness (QED) is 0.598. The summed E-state index contributed by atoms with van der Waals surface area (Å²) in [4.78, 5) is 0. The molecule has 2 aromatic carbocycles. The molecular formula is C21H26Cl2FNO3. The van der Waals surface area contributed by atoms with Crippen LogP contribution in [0.1, 0.15) is 30.9 Å². The van der Waals surface area contributed by atoms with Crippen molar-refractivity contribution < 1.29 is 18.6 Å². The Bertz CT molecular complexity index is 737. The van der Waals surface area contributed by atoms with E-state index >= 15 is 0 Å². The van der Waals surface area contributed by atoms with Crippen molar-refractivity contribution in [2.45, 2.75) is 39.0 Å². The predicted octanol–water partition coefficient (Wildman–Crippen LogP) is 5.15. The molecule has 0 aromatic heterocycles. The topological polar surface area (TPSA) is 39.7 Å². The van der Waals surface area contributed by atoms with Gasteiger partial charge in [0.1, 0.15) is 12.4 Å². The van der Waals surface area contributed by atoms with Crippen LogP contribution in [0.4, 0.5) is 4.39 Å². The lowest BCUT2D eigenvalue weighted by Crippen LogP contribution is -2.25. The molecule has 7 heteroatoms. The van der Waals surface area contributed by atoms with E-state index in [1.807, 2.05) is 19.1 Å². The number of halogens is 3. The van der Waals surface area contributed by atoms with Gasteiger partial charge in [0.05, 0.1) is 17.7 Å². The predicted molar refractivity (Wildman–Crippen MR) is 111 cm³/mol. The number of rotatable bonds is 9. The Morgan fingerprint density at radius 3 is 2.64 bits per heavy atom. The molecule has 1 N–H and O–H groups in total. The van der Waals surface area contributed by atoms with E-state index in [9.17, 15) is 4.39 Å². The smallest absolute Gasteiger partial charge is 0.180 e. The lowest BCUT2D eigenvalue weighted by molar-refractivity contribution is 0.110. The summed E-state index contributed by atoms with van der Waals surface area (Å²) in [5.41, 5.74) is 1.88. The van der Waals surface area contributed by atoms with E-state index in [0.29, 0.717) is 35.8 Å². The fourth-order valence-electron chi connectivity index (χ4n) is 3.05. The van der Waals surface area contributed by atoms with Crippen LogP contribution in [0.2, 0.25) is 5.02 Å². The monoisotopic (exact) mass is 429 g/mol. The zero-order valence-electron chi connectivity index (χ0n) is 15.9.